The Labute approximate surface area is 171 Å². The van der Waals surface area contributed by atoms with E-state index in [9.17, 15) is 4.39 Å². The van der Waals surface area contributed by atoms with Gasteiger partial charge in [-0.05, 0) is 54.0 Å². The van der Waals surface area contributed by atoms with E-state index in [0.717, 1.165) is 82.9 Å². The number of unbranched alkanes of at least 4 members (excludes halogenated alkanes) is 1. The average molecular weight is 403 g/mol. The maximum absolute atomic E-state index is 13.2. The number of aromatic nitrogens is 4. The predicted octanol–water partition coefficient (Wildman–Crippen LogP) is 3.04. The number of halogens is 1. The fourth-order valence-corrected chi connectivity index (χ4v) is 4.38. The first-order valence-electron chi connectivity index (χ1n) is 10.9. The van der Waals surface area contributed by atoms with Gasteiger partial charge in [0, 0.05) is 38.5 Å². The van der Waals surface area contributed by atoms with Crippen LogP contribution in [0.1, 0.15) is 50.9 Å². The smallest absolute Gasteiger partial charge is 0.168 e. The van der Waals surface area contributed by atoms with Crippen molar-refractivity contribution in [3.05, 3.63) is 35.9 Å². The SMILES string of the molecule is CCCC[C@H](c1nnnn1C[C@H]1CCCO1)N1CCN(c2ccc(F)cc2)CC1. The maximum atomic E-state index is 13.2. The summed E-state index contributed by atoms with van der Waals surface area (Å²) in [5.74, 6) is 0.772. The van der Waals surface area contributed by atoms with E-state index >= 15 is 0 Å². The lowest BCUT2D eigenvalue weighted by molar-refractivity contribution is 0.0890. The number of piperazine rings is 1. The molecule has 0 unspecified atom stereocenters. The third-order valence-corrected chi connectivity index (χ3v) is 6.04. The molecule has 29 heavy (non-hydrogen) atoms. The molecule has 2 saturated heterocycles. The molecule has 1 aromatic heterocycles. The molecule has 7 nitrogen and oxygen atoms in total. The highest BCUT2D eigenvalue weighted by atomic mass is 19.1. The highest BCUT2D eigenvalue weighted by Gasteiger charge is 2.30. The van der Waals surface area contributed by atoms with Crippen LogP contribution in [0.5, 0.6) is 0 Å². The van der Waals surface area contributed by atoms with E-state index in [4.69, 9.17) is 4.74 Å². The Morgan fingerprint density at radius 2 is 1.97 bits per heavy atom. The molecule has 0 spiro atoms. The second-order valence-electron chi connectivity index (χ2n) is 8.01. The molecule has 2 aromatic rings. The molecule has 2 aliphatic rings. The number of benzene rings is 1. The van der Waals surface area contributed by atoms with E-state index in [0.29, 0.717) is 0 Å². The maximum Gasteiger partial charge on any atom is 0.168 e. The highest BCUT2D eigenvalue weighted by Crippen LogP contribution is 2.28. The minimum absolute atomic E-state index is 0.190. The molecule has 0 saturated carbocycles. The lowest BCUT2D eigenvalue weighted by atomic mass is 10.1. The molecule has 2 fully saturated rings. The molecule has 0 bridgehead atoms. The Kier molecular flexibility index (Phi) is 6.71. The van der Waals surface area contributed by atoms with Gasteiger partial charge >= 0.3 is 0 Å². The third-order valence-electron chi connectivity index (χ3n) is 6.04. The van der Waals surface area contributed by atoms with Crippen LogP contribution in [0.4, 0.5) is 10.1 Å². The van der Waals surface area contributed by atoms with E-state index in [1.165, 1.54) is 12.1 Å². The largest absolute Gasteiger partial charge is 0.376 e. The number of hydrogen-bond acceptors (Lipinski definition) is 6. The van der Waals surface area contributed by atoms with Crippen molar-refractivity contribution in [3.63, 3.8) is 0 Å². The predicted molar refractivity (Wildman–Crippen MR) is 109 cm³/mol. The first-order chi connectivity index (χ1) is 14.2. The van der Waals surface area contributed by atoms with E-state index in [1.54, 1.807) is 0 Å². The fraction of sp³-hybridized carbons (Fsp3) is 0.667. The Morgan fingerprint density at radius 3 is 2.66 bits per heavy atom. The summed E-state index contributed by atoms with van der Waals surface area (Å²) in [7, 11) is 0. The van der Waals surface area contributed by atoms with Crippen molar-refractivity contribution in [1.82, 2.24) is 25.1 Å². The van der Waals surface area contributed by atoms with Gasteiger partial charge in [-0.3, -0.25) is 4.90 Å². The summed E-state index contributed by atoms with van der Waals surface area (Å²) < 4.78 is 21.0. The summed E-state index contributed by atoms with van der Waals surface area (Å²) >= 11 is 0. The summed E-state index contributed by atoms with van der Waals surface area (Å²) in [5.41, 5.74) is 1.08. The van der Waals surface area contributed by atoms with E-state index in [1.807, 2.05) is 16.8 Å². The second kappa shape index (κ2) is 9.63. The van der Waals surface area contributed by atoms with Gasteiger partial charge in [0.1, 0.15) is 5.82 Å². The quantitative estimate of drug-likeness (QED) is 0.676. The first-order valence-corrected chi connectivity index (χ1v) is 10.9. The summed E-state index contributed by atoms with van der Waals surface area (Å²) in [6.45, 7) is 7.52. The van der Waals surface area contributed by atoms with Gasteiger partial charge in [-0.2, -0.15) is 0 Å². The van der Waals surface area contributed by atoms with Crippen LogP contribution in [0.2, 0.25) is 0 Å². The molecule has 1 aromatic carbocycles. The number of rotatable bonds is 8. The topological polar surface area (TPSA) is 59.3 Å². The number of tetrazole rings is 1. The molecule has 0 amide bonds. The molecule has 0 radical (unpaired) electrons. The van der Waals surface area contributed by atoms with Gasteiger partial charge in [-0.1, -0.05) is 19.8 Å². The molecule has 8 heteroatoms. The standard InChI is InChI=1S/C21H31FN6O/c1-2-3-6-20(21-23-24-25-28(21)16-19-5-4-15-29-19)27-13-11-26(12-14-27)18-9-7-17(22)8-10-18/h7-10,19-20H,2-6,11-16H2,1H3/t19-,20-/m1/s1. The molecular formula is C21H31FN6O. The highest BCUT2D eigenvalue weighted by molar-refractivity contribution is 5.46. The van der Waals surface area contributed by atoms with Crippen LogP contribution < -0.4 is 4.90 Å². The molecule has 0 aliphatic carbocycles. The molecule has 2 aliphatic heterocycles. The second-order valence-corrected chi connectivity index (χ2v) is 8.01. The number of ether oxygens (including phenoxy) is 1. The van der Waals surface area contributed by atoms with E-state index < -0.39 is 0 Å². The average Bonchev–Trinajstić information content (AvgIpc) is 3.42. The van der Waals surface area contributed by atoms with Crippen LogP contribution in [-0.2, 0) is 11.3 Å². The zero-order valence-corrected chi connectivity index (χ0v) is 17.2. The van der Waals surface area contributed by atoms with Crippen LogP contribution in [-0.4, -0.2) is 64.0 Å². The van der Waals surface area contributed by atoms with Gasteiger partial charge in [0.15, 0.2) is 5.82 Å². The van der Waals surface area contributed by atoms with Crippen molar-refractivity contribution in [2.24, 2.45) is 0 Å². The number of nitrogens with zero attached hydrogens (tertiary/aromatic N) is 6. The lowest BCUT2D eigenvalue weighted by Crippen LogP contribution is -2.48. The van der Waals surface area contributed by atoms with Gasteiger partial charge in [-0.25, -0.2) is 9.07 Å². The Hall–Kier alpha value is -2.06. The zero-order valence-electron chi connectivity index (χ0n) is 17.2. The first kappa shape index (κ1) is 20.2. The van der Waals surface area contributed by atoms with Crippen molar-refractivity contribution in [1.29, 1.82) is 0 Å². The Morgan fingerprint density at radius 1 is 1.17 bits per heavy atom. The van der Waals surface area contributed by atoms with Gasteiger partial charge in [0.2, 0.25) is 0 Å². The van der Waals surface area contributed by atoms with Crippen molar-refractivity contribution in [2.45, 2.75) is 57.7 Å². The van der Waals surface area contributed by atoms with Crippen LogP contribution in [0.3, 0.4) is 0 Å². The van der Waals surface area contributed by atoms with E-state index in [-0.39, 0.29) is 18.0 Å². The Bertz CT molecular complexity index is 753. The molecular weight excluding hydrogens is 371 g/mol. The third kappa shape index (κ3) is 4.93. The summed E-state index contributed by atoms with van der Waals surface area (Å²) in [5, 5.41) is 12.7. The van der Waals surface area contributed by atoms with Gasteiger partial charge in [0.25, 0.3) is 0 Å². The van der Waals surface area contributed by atoms with Crippen LogP contribution >= 0.6 is 0 Å². The molecule has 0 N–H and O–H groups in total. The van der Waals surface area contributed by atoms with Crippen molar-refractivity contribution in [3.8, 4) is 0 Å². The minimum Gasteiger partial charge on any atom is -0.376 e. The molecule has 158 valence electrons. The van der Waals surface area contributed by atoms with E-state index in [2.05, 4.69) is 32.2 Å². The normalized spacial score (nSPS) is 21.6. The minimum atomic E-state index is -0.190. The van der Waals surface area contributed by atoms with Crippen LogP contribution in [0.25, 0.3) is 0 Å². The van der Waals surface area contributed by atoms with Gasteiger partial charge in [0.05, 0.1) is 18.7 Å². The number of hydrogen-bond donors (Lipinski definition) is 0. The van der Waals surface area contributed by atoms with Crippen molar-refractivity contribution >= 4 is 5.69 Å². The fourth-order valence-electron chi connectivity index (χ4n) is 4.38. The molecule has 4 rings (SSSR count). The van der Waals surface area contributed by atoms with Gasteiger partial charge in [-0.15, -0.1) is 5.10 Å². The monoisotopic (exact) mass is 402 g/mol. The number of anilines is 1. The molecule has 3 heterocycles. The zero-order chi connectivity index (χ0) is 20.1. The van der Waals surface area contributed by atoms with Crippen LogP contribution in [0, 0.1) is 5.82 Å². The Balaban J connectivity index is 1.44. The molecule has 2 atom stereocenters. The summed E-state index contributed by atoms with van der Waals surface area (Å²) in [6, 6.07) is 7.01. The summed E-state index contributed by atoms with van der Waals surface area (Å²) in [4.78, 5) is 4.83. The summed E-state index contributed by atoms with van der Waals surface area (Å²) in [6.07, 6.45) is 5.77. The van der Waals surface area contributed by atoms with Crippen molar-refractivity contribution in [2.75, 3.05) is 37.7 Å². The van der Waals surface area contributed by atoms with Crippen molar-refractivity contribution < 1.29 is 9.13 Å². The lowest BCUT2D eigenvalue weighted by Gasteiger charge is -2.39. The van der Waals surface area contributed by atoms with Crippen LogP contribution in [0.15, 0.2) is 24.3 Å². The van der Waals surface area contributed by atoms with Gasteiger partial charge < -0.3 is 9.64 Å².